The molecule has 2 aromatic carbocycles. The number of fused-ring (bicyclic) bond motifs is 5. The van der Waals surface area contributed by atoms with Crippen LogP contribution in [0.15, 0.2) is 48.9 Å². The van der Waals surface area contributed by atoms with Gasteiger partial charge in [0.1, 0.15) is 12.1 Å². The van der Waals surface area contributed by atoms with Gasteiger partial charge in [-0.15, -0.1) is 0 Å². The van der Waals surface area contributed by atoms with Gasteiger partial charge in [-0.2, -0.15) is 0 Å². The number of hydrogen-bond acceptors (Lipinski definition) is 4. The lowest BCUT2D eigenvalue weighted by Crippen LogP contribution is -2.42. The molecule has 1 saturated heterocycles. The number of nitrogens with zero attached hydrogens (tertiary/aromatic N) is 3. The van der Waals surface area contributed by atoms with E-state index in [1.54, 1.807) is 13.4 Å². The molecule has 1 fully saturated rings. The van der Waals surface area contributed by atoms with E-state index in [4.69, 9.17) is 4.74 Å². The monoisotopic (exact) mass is 373 g/mol. The first-order valence-electron chi connectivity index (χ1n) is 9.91. The second kappa shape index (κ2) is 6.89. The maximum absolute atomic E-state index is 13.2. The number of carbonyl (C=O) groups excluding carboxylic acids is 1. The van der Waals surface area contributed by atoms with Crippen molar-refractivity contribution in [1.82, 2.24) is 14.9 Å². The van der Waals surface area contributed by atoms with Gasteiger partial charge in [-0.25, -0.2) is 9.97 Å². The zero-order chi connectivity index (χ0) is 19.1. The smallest absolute Gasteiger partial charge is 0.223 e. The van der Waals surface area contributed by atoms with Crippen molar-refractivity contribution in [2.45, 2.75) is 44.2 Å². The summed E-state index contributed by atoms with van der Waals surface area (Å²) in [6, 6.07) is 12.8. The molecule has 0 aliphatic carbocycles. The van der Waals surface area contributed by atoms with E-state index in [9.17, 15) is 4.79 Å². The highest BCUT2D eigenvalue weighted by molar-refractivity contribution is 5.88. The summed E-state index contributed by atoms with van der Waals surface area (Å²) in [7, 11) is 1.69. The fraction of sp³-hybridized carbons (Fsp3) is 0.348. The highest BCUT2D eigenvalue weighted by Crippen LogP contribution is 2.43. The van der Waals surface area contributed by atoms with Gasteiger partial charge < -0.3 is 9.64 Å². The maximum Gasteiger partial charge on any atom is 0.223 e. The number of benzene rings is 2. The highest BCUT2D eigenvalue weighted by Gasteiger charge is 2.42. The maximum atomic E-state index is 13.2. The molecule has 28 heavy (non-hydrogen) atoms. The lowest BCUT2D eigenvalue weighted by molar-refractivity contribution is -0.134. The van der Waals surface area contributed by atoms with Crippen molar-refractivity contribution in [3.63, 3.8) is 0 Å². The zero-order valence-corrected chi connectivity index (χ0v) is 16.0. The van der Waals surface area contributed by atoms with Crippen LogP contribution in [-0.4, -0.2) is 33.9 Å². The van der Waals surface area contributed by atoms with Gasteiger partial charge in [0.05, 0.1) is 18.8 Å². The Kier molecular flexibility index (Phi) is 4.23. The first kappa shape index (κ1) is 17.2. The molecule has 2 unspecified atom stereocenters. The van der Waals surface area contributed by atoms with Crippen LogP contribution in [0.2, 0.25) is 0 Å². The summed E-state index contributed by atoms with van der Waals surface area (Å²) in [4.78, 5) is 24.0. The summed E-state index contributed by atoms with van der Waals surface area (Å²) in [6.45, 7) is 0. The third-order valence-corrected chi connectivity index (χ3v) is 6.21. The molecule has 0 saturated carbocycles. The van der Waals surface area contributed by atoms with Gasteiger partial charge in [-0.1, -0.05) is 30.3 Å². The summed E-state index contributed by atoms with van der Waals surface area (Å²) in [5.74, 6) is 1.07. The molecule has 1 amide bonds. The quantitative estimate of drug-likeness (QED) is 0.697. The first-order chi connectivity index (χ1) is 13.8. The average molecular weight is 373 g/mol. The Balaban J connectivity index is 1.40. The van der Waals surface area contributed by atoms with Crippen molar-refractivity contribution in [2.24, 2.45) is 0 Å². The molecule has 0 radical (unpaired) electrons. The van der Waals surface area contributed by atoms with Crippen LogP contribution in [0.3, 0.4) is 0 Å². The van der Waals surface area contributed by atoms with Gasteiger partial charge in [0.25, 0.3) is 0 Å². The standard InChI is InChI=1S/C23H23N3O2/c1-28-22-10-6-15-4-2-3-5-17(15)18(22)8-11-23(27)26-16-7-9-21(26)19-13-24-14-25-20(19)12-16/h2-6,10,13-14,16,21H,7-9,11-12H2,1H3. The van der Waals surface area contributed by atoms with E-state index < -0.39 is 0 Å². The summed E-state index contributed by atoms with van der Waals surface area (Å²) < 4.78 is 5.59. The average Bonchev–Trinajstić information content (AvgIpc) is 3.06. The number of carbonyl (C=O) groups is 1. The van der Waals surface area contributed by atoms with Gasteiger partial charge >= 0.3 is 0 Å². The molecule has 2 bridgehead atoms. The third-order valence-electron chi connectivity index (χ3n) is 6.21. The Morgan fingerprint density at radius 1 is 1.21 bits per heavy atom. The Bertz CT molecular complexity index is 1050. The van der Waals surface area contributed by atoms with E-state index in [-0.39, 0.29) is 18.0 Å². The minimum Gasteiger partial charge on any atom is -0.496 e. The lowest BCUT2D eigenvalue weighted by atomic mass is 9.96. The second-order valence-electron chi connectivity index (χ2n) is 7.64. The SMILES string of the molecule is COc1ccc2ccccc2c1CCC(=O)N1C2CCC1c1cncnc1C2. The van der Waals surface area contributed by atoms with Crippen molar-refractivity contribution in [3.05, 3.63) is 65.7 Å². The molecule has 0 N–H and O–H groups in total. The number of methoxy groups -OCH3 is 1. The molecule has 3 aromatic rings. The Morgan fingerprint density at radius 2 is 2.11 bits per heavy atom. The second-order valence-corrected chi connectivity index (χ2v) is 7.64. The number of aromatic nitrogens is 2. The largest absolute Gasteiger partial charge is 0.496 e. The molecule has 2 aliphatic rings. The van der Waals surface area contributed by atoms with E-state index in [1.807, 2.05) is 24.4 Å². The lowest BCUT2D eigenvalue weighted by Gasteiger charge is -2.35. The molecular formula is C23H23N3O2. The van der Waals surface area contributed by atoms with Crippen molar-refractivity contribution < 1.29 is 9.53 Å². The topological polar surface area (TPSA) is 55.3 Å². The van der Waals surface area contributed by atoms with Crippen LogP contribution in [0.5, 0.6) is 5.75 Å². The molecule has 142 valence electrons. The Labute approximate surface area is 164 Å². The molecule has 2 atom stereocenters. The van der Waals surface area contributed by atoms with Crippen LogP contribution >= 0.6 is 0 Å². The van der Waals surface area contributed by atoms with Gasteiger partial charge in [0, 0.05) is 36.2 Å². The first-order valence-corrected chi connectivity index (χ1v) is 9.91. The van der Waals surface area contributed by atoms with E-state index in [0.29, 0.717) is 12.8 Å². The Hall–Kier alpha value is -2.95. The minimum atomic E-state index is 0.136. The number of amides is 1. The number of hydrogen-bond donors (Lipinski definition) is 0. The number of rotatable bonds is 4. The van der Waals surface area contributed by atoms with E-state index in [0.717, 1.165) is 47.2 Å². The van der Waals surface area contributed by atoms with Crippen LogP contribution in [0.4, 0.5) is 0 Å². The van der Waals surface area contributed by atoms with Crippen molar-refractivity contribution in [1.29, 1.82) is 0 Å². The summed E-state index contributed by atoms with van der Waals surface area (Å²) in [6.07, 6.45) is 7.57. The molecule has 1 aromatic heterocycles. The van der Waals surface area contributed by atoms with E-state index in [1.165, 1.54) is 5.39 Å². The highest BCUT2D eigenvalue weighted by atomic mass is 16.5. The van der Waals surface area contributed by atoms with Crippen molar-refractivity contribution >= 4 is 16.7 Å². The molecule has 3 heterocycles. The van der Waals surface area contributed by atoms with Crippen LogP contribution in [0, 0.1) is 0 Å². The fourth-order valence-corrected chi connectivity index (χ4v) is 4.93. The zero-order valence-electron chi connectivity index (χ0n) is 16.0. The van der Waals surface area contributed by atoms with Crippen LogP contribution < -0.4 is 4.74 Å². The van der Waals surface area contributed by atoms with Gasteiger partial charge in [-0.05, 0) is 36.1 Å². The van der Waals surface area contributed by atoms with Crippen LogP contribution in [-0.2, 0) is 17.6 Å². The van der Waals surface area contributed by atoms with Crippen molar-refractivity contribution in [2.75, 3.05) is 7.11 Å². The summed E-state index contributed by atoms with van der Waals surface area (Å²) in [5, 5.41) is 2.34. The van der Waals surface area contributed by atoms with E-state index in [2.05, 4.69) is 33.1 Å². The number of ether oxygens (including phenoxy) is 1. The summed E-state index contributed by atoms with van der Waals surface area (Å²) >= 11 is 0. The molecule has 5 heteroatoms. The molecule has 2 aliphatic heterocycles. The van der Waals surface area contributed by atoms with Gasteiger partial charge in [0.2, 0.25) is 5.91 Å². The minimum absolute atomic E-state index is 0.136. The molecule has 0 spiro atoms. The number of aryl methyl sites for hydroxylation is 1. The van der Waals surface area contributed by atoms with Crippen LogP contribution in [0.25, 0.3) is 10.8 Å². The Morgan fingerprint density at radius 3 is 3.00 bits per heavy atom. The van der Waals surface area contributed by atoms with E-state index >= 15 is 0 Å². The van der Waals surface area contributed by atoms with Crippen LogP contribution in [0.1, 0.15) is 42.1 Å². The normalized spacial score (nSPS) is 20.2. The molecule has 5 nitrogen and oxygen atoms in total. The summed E-state index contributed by atoms with van der Waals surface area (Å²) in [5.41, 5.74) is 3.36. The predicted molar refractivity (Wildman–Crippen MR) is 107 cm³/mol. The molecular weight excluding hydrogens is 350 g/mol. The fourth-order valence-electron chi connectivity index (χ4n) is 4.93. The third kappa shape index (κ3) is 2.73. The predicted octanol–water partition coefficient (Wildman–Crippen LogP) is 3.86. The molecule has 5 rings (SSSR count). The van der Waals surface area contributed by atoms with Gasteiger partial charge in [0.15, 0.2) is 0 Å². The van der Waals surface area contributed by atoms with Gasteiger partial charge in [-0.3, -0.25) is 4.79 Å². The van der Waals surface area contributed by atoms with Crippen molar-refractivity contribution in [3.8, 4) is 5.75 Å².